The minimum atomic E-state index is -0.182. The zero-order valence-corrected chi connectivity index (χ0v) is 21.4. The number of para-hydroxylation sites is 2. The van der Waals surface area contributed by atoms with Crippen LogP contribution in [0.3, 0.4) is 0 Å². The lowest BCUT2D eigenvalue weighted by Gasteiger charge is -2.23. The first-order chi connectivity index (χ1) is 17.9. The molecule has 0 aliphatic carbocycles. The van der Waals surface area contributed by atoms with Gasteiger partial charge in [-0.2, -0.15) is 10.5 Å². The molecule has 0 radical (unpaired) electrons. The molecule has 7 heteroatoms. The number of nitrogens with two attached hydrogens (primary N) is 1. The number of hydrogen-bond acceptors (Lipinski definition) is 6. The minimum Gasteiger partial charge on any atom is -0.383 e. The summed E-state index contributed by atoms with van der Waals surface area (Å²) in [6, 6.07) is 30.8. The summed E-state index contributed by atoms with van der Waals surface area (Å²) in [6.45, 7) is 4.20. The Bertz CT molecular complexity index is 1450. The molecule has 4 aromatic rings. The second-order valence-electron chi connectivity index (χ2n) is 8.62. The molecule has 0 spiro atoms. The van der Waals surface area contributed by atoms with Crippen LogP contribution in [0.5, 0.6) is 0 Å². The number of nitrogens with zero attached hydrogens (tertiary/aromatic N) is 4. The van der Waals surface area contributed by atoms with E-state index in [1.165, 1.54) is 0 Å². The molecule has 1 heterocycles. The van der Waals surface area contributed by atoms with E-state index in [0.717, 1.165) is 28.7 Å². The lowest BCUT2D eigenvalue weighted by atomic mass is 9.94. The molecular weight excluding hydrogens is 478 g/mol. The molecule has 0 unspecified atom stereocenters. The van der Waals surface area contributed by atoms with Crippen molar-refractivity contribution in [3.8, 4) is 23.3 Å². The van der Waals surface area contributed by atoms with Gasteiger partial charge in [-0.05, 0) is 41.3 Å². The summed E-state index contributed by atoms with van der Waals surface area (Å²) in [7, 11) is 0. The zero-order valence-electron chi connectivity index (χ0n) is 20.6. The van der Waals surface area contributed by atoms with Gasteiger partial charge in [0.2, 0.25) is 5.91 Å². The van der Waals surface area contributed by atoms with Crippen LogP contribution in [-0.2, 0) is 4.79 Å². The molecule has 0 fully saturated rings. The van der Waals surface area contributed by atoms with E-state index in [1.807, 2.05) is 84.9 Å². The molecule has 0 atom stereocenters. The average Bonchev–Trinajstić information content (AvgIpc) is 2.93. The van der Waals surface area contributed by atoms with Crippen molar-refractivity contribution < 1.29 is 4.79 Å². The molecule has 0 aliphatic heterocycles. The van der Waals surface area contributed by atoms with Crippen LogP contribution in [0.4, 0.5) is 17.2 Å². The van der Waals surface area contributed by atoms with Gasteiger partial charge in [0, 0.05) is 16.9 Å². The van der Waals surface area contributed by atoms with Gasteiger partial charge in [0.25, 0.3) is 0 Å². The van der Waals surface area contributed by atoms with E-state index >= 15 is 0 Å². The summed E-state index contributed by atoms with van der Waals surface area (Å²) in [5, 5.41) is 20.2. The minimum absolute atomic E-state index is 0.0164. The Morgan fingerprint density at radius 1 is 0.892 bits per heavy atom. The van der Waals surface area contributed by atoms with E-state index < -0.39 is 0 Å². The molecule has 4 rings (SSSR count). The molecule has 182 valence electrons. The molecule has 3 aromatic carbocycles. The number of pyridine rings is 1. The van der Waals surface area contributed by atoms with E-state index in [2.05, 4.69) is 31.0 Å². The number of aromatic nitrogens is 1. The van der Waals surface area contributed by atoms with Crippen molar-refractivity contribution in [3.63, 3.8) is 0 Å². The number of nitrogen functional groups attached to an aromatic ring is 1. The van der Waals surface area contributed by atoms with Gasteiger partial charge in [-0.3, -0.25) is 9.69 Å². The summed E-state index contributed by atoms with van der Waals surface area (Å²) < 4.78 is 0. The fourth-order valence-electron chi connectivity index (χ4n) is 4.01. The lowest BCUT2D eigenvalue weighted by molar-refractivity contribution is -0.115. The third kappa shape index (κ3) is 5.48. The van der Waals surface area contributed by atoms with Crippen molar-refractivity contribution in [1.82, 2.24) is 4.98 Å². The van der Waals surface area contributed by atoms with Crippen LogP contribution in [0, 0.1) is 22.7 Å². The summed E-state index contributed by atoms with van der Waals surface area (Å²) in [4.78, 5) is 19.5. The first-order valence-electron chi connectivity index (χ1n) is 11.7. The van der Waals surface area contributed by atoms with E-state index in [1.54, 1.807) is 4.90 Å². The highest BCUT2D eigenvalue weighted by Gasteiger charge is 2.23. The highest BCUT2D eigenvalue weighted by molar-refractivity contribution is 8.00. The Balaban J connectivity index is 1.71. The number of carbonyl (C=O) groups is 1. The maximum absolute atomic E-state index is 13.5. The fraction of sp³-hybridized carbons (Fsp3) is 0.133. The smallest absolute Gasteiger partial charge is 0.241 e. The molecule has 0 bridgehead atoms. The van der Waals surface area contributed by atoms with Gasteiger partial charge < -0.3 is 5.73 Å². The topological polar surface area (TPSA) is 107 Å². The third-order valence-electron chi connectivity index (χ3n) is 5.89. The monoisotopic (exact) mass is 503 g/mol. The van der Waals surface area contributed by atoms with Crippen molar-refractivity contribution >= 4 is 34.9 Å². The molecule has 0 saturated carbocycles. The highest BCUT2D eigenvalue weighted by Crippen LogP contribution is 2.37. The Morgan fingerprint density at radius 3 is 1.92 bits per heavy atom. The molecule has 1 amide bonds. The number of benzene rings is 3. The maximum atomic E-state index is 13.5. The molecule has 0 saturated heterocycles. The number of nitriles is 2. The number of amides is 1. The number of hydrogen-bond donors (Lipinski definition) is 1. The summed E-state index contributed by atoms with van der Waals surface area (Å²) in [6.07, 6.45) is 0. The number of thioether (sulfide) groups is 1. The molecule has 6 nitrogen and oxygen atoms in total. The largest absolute Gasteiger partial charge is 0.383 e. The second kappa shape index (κ2) is 11.4. The maximum Gasteiger partial charge on any atom is 0.241 e. The molecule has 2 N–H and O–H groups in total. The van der Waals surface area contributed by atoms with Crippen molar-refractivity contribution in [2.24, 2.45) is 0 Å². The van der Waals surface area contributed by atoms with Crippen molar-refractivity contribution in [2.45, 2.75) is 24.8 Å². The first-order valence-corrected chi connectivity index (χ1v) is 12.7. The van der Waals surface area contributed by atoms with Crippen LogP contribution in [0.1, 0.15) is 36.5 Å². The van der Waals surface area contributed by atoms with Gasteiger partial charge in [0.05, 0.1) is 11.3 Å². The van der Waals surface area contributed by atoms with Crippen molar-refractivity contribution in [1.29, 1.82) is 10.5 Å². The quantitative estimate of drug-likeness (QED) is 0.283. The Kier molecular flexibility index (Phi) is 7.88. The van der Waals surface area contributed by atoms with E-state index in [0.29, 0.717) is 22.1 Å². The number of rotatable bonds is 7. The van der Waals surface area contributed by atoms with Gasteiger partial charge in [0.15, 0.2) is 0 Å². The van der Waals surface area contributed by atoms with Crippen LogP contribution in [0.15, 0.2) is 90.0 Å². The third-order valence-corrected chi connectivity index (χ3v) is 6.85. The van der Waals surface area contributed by atoms with Gasteiger partial charge in [-0.1, -0.05) is 86.3 Å². The van der Waals surface area contributed by atoms with E-state index in [9.17, 15) is 15.3 Å². The standard InChI is InChI=1S/C30H25N5OS/c1-20(2)21-13-15-22(16-14-21)28-25(17-31)29(33)34-30(26(28)18-32)37-19-27(36)35(23-9-5-3-6-10-23)24-11-7-4-8-12-24/h3-16,20H,19H2,1-2H3,(H2,33,34). The summed E-state index contributed by atoms with van der Waals surface area (Å²) in [5.74, 6) is 0.209. The fourth-order valence-corrected chi connectivity index (χ4v) is 4.86. The van der Waals surface area contributed by atoms with Gasteiger partial charge in [0.1, 0.15) is 28.5 Å². The van der Waals surface area contributed by atoms with Gasteiger partial charge >= 0.3 is 0 Å². The summed E-state index contributed by atoms with van der Waals surface area (Å²) in [5.41, 5.74) is 10.3. The van der Waals surface area contributed by atoms with Crippen molar-refractivity contribution in [2.75, 3.05) is 16.4 Å². The predicted molar refractivity (Wildman–Crippen MR) is 148 cm³/mol. The van der Waals surface area contributed by atoms with Crippen molar-refractivity contribution in [3.05, 3.63) is 102 Å². The van der Waals surface area contributed by atoms with Crippen LogP contribution >= 0.6 is 11.8 Å². The number of carbonyl (C=O) groups excluding carboxylic acids is 1. The Labute approximate surface area is 221 Å². The molecule has 0 aliphatic rings. The molecule has 37 heavy (non-hydrogen) atoms. The second-order valence-corrected chi connectivity index (χ2v) is 9.58. The number of anilines is 3. The van der Waals surface area contributed by atoms with E-state index in [-0.39, 0.29) is 28.6 Å². The average molecular weight is 504 g/mol. The SMILES string of the molecule is CC(C)c1ccc(-c2c(C#N)c(N)nc(SCC(=O)N(c3ccccc3)c3ccccc3)c2C#N)cc1. The van der Waals surface area contributed by atoms with Crippen LogP contribution in [-0.4, -0.2) is 16.6 Å². The predicted octanol–water partition coefficient (Wildman–Crippen LogP) is 6.65. The highest BCUT2D eigenvalue weighted by atomic mass is 32.2. The van der Waals surface area contributed by atoms with Crippen LogP contribution < -0.4 is 10.6 Å². The molecular formula is C30H25N5OS. The Hall–Kier alpha value is -4.59. The zero-order chi connectivity index (χ0) is 26.4. The van der Waals surface area contributed by atoms with Crippen LogP contribution in [0.25, 0.3) is 11.1 Å². The molecule has 1 aromatic heterocycles. The first kappa shape index (κ1) is 25.5. The summed E-state index contributed by atoms with van der Waals surface area (Å²) >= 11 is 1.13. The van der Waals surface area contributed by atoms with Crippen LogP contribution in [0.2, 0.25) is 0 Å². The van der Waals surface area contributed by atoms with Gasteiger partial charge in [-0.25, -0.2) is 4.98 Å². The Morgan fingerprint density at radius 2 is 1.43 bits per heavy atom. The van der Waals surface area contributed by atoms with E-state index in [4.69, 9.17) is 5.73 Å². The normalized spacial score (nSPS) is 10.5. The lowest BCUT2D eigenvalue weighted by Crippen LogP contribution is -2.27. The van der Waals surface area contributed by atoms with Gasteiger partial charge in [-0.15, -0.1) is 0 Å².